The van der Waals surface area contributed by atoms with Gasteiger partial charge in [-0.3, -0.25) is 0 Å². The molecule has 0 aliphatic rings. The first-order valence-electron chi connectivity index (χ1n) is 10.6. The molecule has 0 bridgehead atoms. The summed E-state index contributed by atoms with van der Waals surface area (Å²) in [4.78, 5) is 0. The zero-order chi connectivity index (χ0) is 30.7. The maximum absolute atomic E-state index is 13.4. The van der Waals surface area contributed by atoms with Crippen molar-refractivity contribution in [2.45, 2.75) is 56.5 Å². The lowest BCUT2D eigenvalue weighted by Crippen LogP contribution is -2.51. The minimum absolute atomic E-state index is 0.167. The van der Waals surface area contributed by atoms with Crippen molar-refractivity contribution in [3.05, 3.63) is 58.2 Å². The average Bonchev–Trinajstić information content (AvgIpc) is 2.88. The van der Waals surface area contributed by atoms with Gasteiger partial charge in [-0.2, -0.15) is 26.3 Å². The molecule has 1 atom stereocenters. The first-order chi connectivity index (χ1) is 17.7. The fraction of sp³-hybridized carbons (Fsp3) is 0.455. The van der Waals surface area contributed by atoms with Gasteiger partial charge in [0.1, 0.15) is 0 Å². The third kappa shape index (κ3) is 6.74. The smallest absolute Gasteiger partial charge is 0.203 e. The molecular weight excluding hydrogens is 599 g/mol. The molecule has 0 aliphatic heterocycles. The second kappa shape index (κ2) is 12.9. The van der Waals surface area contributed by atoms with Gasteiger partial charge in [-0.1, -0.05) is 26.2 Å². The van der Waals surface area contributed by atoms with Crippen LogP contribution in [0.5, 0.6) is 0 Å². The van der Waals surface area contributed by atoms with E-state index >= 15 is 0 Å². The lowest BCUT2D eigenvalue weighted by atomic mass is 10.0. The summed E-state index contributed by atoms with van der Waals surface area (Å²) in [5.74, 6) is -36.6. The van der Waals surface area contributed by atoms with Crippen LogP contribution in [0.4, 0.5) is 70.2 Å². The number of benzene rings is 2. The summed E-state index contributed by atoms with van der Waals surface area (Å²) in [7, 11) is -1.55. The molecule has 0 N–H and O–H groups in total. The Morgan fingerprint density at radius 3 is 1.08 bits per heavy atom. The van der Waals surface area contributed by atoms with Crippen molar-refractivity contribution in [3.63, 3.8) is 0 Å². The molecule has 39 heavy (non-hydrogen) atoms. The molecule has 0 saturated heterocycles. The lowest BCUT2D eigenvalue weighted by Gasteiger charge is -2.32. The normalized spacial score (nSPS) is 12.8. The number of halogens is 16. The monoisotopic (exact) mass is 616 g/mol. The van der Waals surface area contributed by atoms with Gasteiger partial charge in [-0.25, -0.2) is 43.9 Å². The molecule has 0 heterocycles. The van der Waals surface area contributed by atoms with Crippen LogP contribution in [0.15, 0.2) is 0 Å². The molecule has 222 valence electrons. The summed E-state index contributed by atoms with van der Waals surface area (Å²) in [6, 6.07) is 0. The molecule has 2 rings (SSSR count). The van der Waals surface area contributed by atoms with Crippen molar-refractivity contribution in [1.29, 1.82) is 0 Å². The molecule has 0 aromatic heterocycles. The third-order valence-electron chi connectivity index (χ3n) is 5.18. The highest BCUT2D eigenvalue weighted by molar-refractivity contribution is 7.38. The van der Waals surface area contributed by atoms with E-state index in [1.807, 2.05) is 6.92 Å². The number of hydrogen-bond acceptors (Lipinski definition) is 0. The Kier molecular flexibility index (Phi) is 11.5. The molecule has 0 radical (unpaired) electrons. The van der Waals surface area contributed by atoms with E-state index in [0.29, 0.717) is 12.8 Å². The standard InChI is InChI=1S/C12F10.C10H17F6P/c13-3-1(4(14)8(18)11(21)7(3)17)2-5(15)9(19)12(22)10(20)6(2)16;1-3-4-5-6-7-8(11,12)9(13,14)10(15,16)17-2/h;17H,3-7H2,1-2H3. The molecular formula is C22H17F16P. The van der Waals surface area contributed by atoms with Crippen LogP contribution in [0.25, 0.3) is 11.1 Å². The van der Waals surface area contributed by atoms with Crippen molar-refractivity contribution in [2.75, 3.05) is 6.66 Å². The summed E-state index contributed by atoms with van der Waals surface area (Å²) in [6.45, 7) is 2.63. The topological polar surface area (TPSA) is 0 Å². The summed E-state index contributed by atoms with van der Waals surface area (Å²) in [5.41, 5.74) is -9.16. The Balaban J connectivity index is 0.000000406. The zero-order valence-electron chi connectivity index (χ0n) is 19.6. The van der Waals surface area contributed by atoms with Gasteiger partial charge in [0.25, 0.3) is 0 Å². The van der Waals surface area contributed by atoms with E-state index in [1.54, 1.807) is 0 Å². The molecule has 1 unspecified atom stereocenters. The van der Waals surface area contributed by atoms with Crippen LogP contribution >= 0.6 is 8.58 Å². The van der Waals surface area contributed by atoms with E-state index in [4.69, 9.17) is 0 Å². The zero-order valence-corrected chi connectivity index (χ0v) is 20.6. The molecule has 0 aliphatic carbocycles. The van der Waals surface area contributed by atoms with Crippen molar-refractivity contribution in [2.24, 2.45) is 0 Å². The van der Waals surface area contributed by atoms with Crippen LogP contribution < -0.4 is 0 Å². The fourth-order valence-electron chi connectivity index (χ4n) is 2.97. The van der Waals surface area contributed by atoms with Gasteiger partial charge in [-0.15, -0.1) is 0 Å². The predicted molar refractivity (Wildman–Crippen MR) is 109 cm³/mol. The summed E-state index contributed by atoms with van der Waals surface area (Å²) >= 11 is 0. The first-order valence-corrected chi connectivity index (χ1v) is 12.1. The van der Waals surface area contributed by atoms with E-state index in [9.17, 15) is 70.2 Å². The van der Waals surface area contributed by atoms with Crippen LogP contribution in [0.3, 0.4) is 0 Å². The van der Waals surface area contributed by atoms with E-state index in [0.717, 1.165) is 13.1 Å². The van der Waals surface area contributed by atoms with Crippen LogP contribution in [0.2, 0.25) is 0 Å². The van der Waals surface area contributed by atoms with Crippen LogP contribution in [0.1, 0.15) is 39.0 Å². The van der Waals surface area contributed by atoms with E-state index in [-0.39, 0.29) is 6.42 Å². The summed E-state index contributed by atoms with van der Waals surface area (Å²) in [5, 5.41) is 0. The SMILES string of the molecule is CCCCCCC(F)(F)C(F)(F)C(F)(F)PC.Fc1c(F)c(F)c(-c2c(F)c(F)c(F)c(F)c2F)c(F)c1F. The predicted octanol–water partition coefficient (Wildman–Crippen LogP) is 9.87. The molecule has 2 aromatic rings. The number of hydrogen-bond donors (Lipinski definition) is 0. The molecule has 0 fully saturated rings. The Morgan fingerprint density at radius 1 is 0.487 bits per heavy atom. The fourth-order valence-corrected chi connectivity index (χ4v) is 3.46. The van der Waals surface area contributed by atoms with E-state index < -0.39 is 102 Å². The van der Waals surface area contributed by atoms with Crippen molar-refractivity contribution in [3.8, 4) is 11.1 Å². The van der Waals surface area contributed by atoms with Gasteiger partial charge in [0, 0.05) is 6.42 Å². The molecule has 2 aromatic carbocycles. The second-order valence-electron chi connectivity index (χ2n) is 7.80. The van der Waals surface area contributed by atoms with Crippen LogP contribution in [-0.4, -0.2) is 24.2 Å². The highest BCUT2D eigenvalue weighted by Gasteiger charge is 2.69. The van der Waals surface area contributed by atoms with Gasteiger partial charge >= 0.3 is 17.5 Å². The Labute approximate surface area is 212 Å². The van der Waals surface area contributed by atoms with Crippen LogP contribution in [0, 0.1) is 58.2 Å². The second-order valence-corrected chi connectivity index (χ2v) is 8.93. The maximum Gasteiger partial charge on any atom is 0.375 e. The van der Waals surface area contributed by atoms with Gasteiger partial charge in [0.2, 0.25) is 11.6 Å². The van der Waals surface area contributed by atoms with Gasteiger partial charge in [0.05, 0.1) is 11.1 Å². The molecule has 0 saturated carbocycles. The molecule has 0 amide bonds. The minimum Gasteiger partial charge on any atom is -0.203 e. The maximum atomic E-state index is 13.4. The number of rotatable bonds is 9. The molecule has 0 spiro atoms. The minimum atomic E-state index is -5.26. The summed E-state index contributed by atoms with van der Waals surface area (Å²) < 4.78 is 209. The average molecular weight is 616 g/mol. The number of unbranched alkanes of at least 4 members (excludes halogenated alkanes) is 3. The highest BCUT2D eigenvalue weighted by Crippen LogP contribution is 2.54. The van der Waals surface area contributed by atoms with Crippen molar-refractivity contribution in [1.82, 2.24) is 0 Å². The highest BCUT2D eigenvalue weighted by atomic mass is 31.1. The van der Waals surface area contributed by atoms with Gasteiger partial charge in [-0.05, 0) is 21.7 Å². The Bertz CT molecular complexity index is 1050. The first kappa shape index (κ1) is 34.8. The van der Waals surface area contributed by atoms with Gasteiger partial charge < -0.3 is 0 Å². The third-order valence-corrected chi connectivity index (χ3v) is 6.12. The Morgan fingerprint density at radius 2 is 0.795 bits per heavy atom. The van der Waals surface area contributed by atoms with Crippen molar-refractivity contribution >= 4 is 8.58 Å². The van der Waals surface area contributed by atoms with E-state index in [1.165, 1.54) is 0 Å². The lowest BCUT2D eigenvalue weighted by molar-refractivity contribution is -0.280. The number of alkyl halides is 6. The van der Waals surface area contributed by atoms with Gasteiger partial charge in [0.15, 0.2) is 46.5 Å². The molecule has 17 heteroatoms. The van der Waals surface area contributed by atoms with Crippen molar-refractivity contribution < 1.29 is 70.2 Å². The quantitative estimate of drug-likeness (QED) is 0.0866. The van der Waals surface area contributed by atoms with E-state index in [2.05, 4.69) is 0 Å². The Hall–Kier alpha value is -2.25. The summed E-state index contributed by atoms with van der Waals surface area (Å²) in [6.07, 6.45) is 0.379. The molecule has 0 nitrogen and oxygen atoms in total. The van der Waals surface area contributed by atoms with Crippen LogP contribution in [-0.2, 0) is 0 Å². The largest absolute Gasteiger partial charge is 0.375 e.